The molecule has 4 aromatic rings. The second-order valence-corrected chi connectivity index (χ2v) is 7.87. The van der Waals surface area contributed by atoms with E-state index >= 15 is 0 Å². The third-order valence-electron chi connectivity index (χ3n) is 5.83. The summed E-state index contributed by atoms with van der Waals surface area (Å²) in [6.45, 7) is 0.150. The minimum Gasteiger partial charge on any atom is -0.399 e. The van der Waals surface area contributed by atoms with E-state index in [1.807, 2.05) is 42.6 Å². The van der Waals surface area contributed by atoms with Gasteiger partial charge in [-0.15, -0.1) is 0 Å². The average Bonchev–Trinajstić information content (AvgIpc) is 2.81. The van der Waals surface area contributed by atoms with Crippen molar-refractivity contribution in [2.45, 2.75) is 18.8 Å². The number of aromatic nitrogens is 2. The fourth-order valence-electron chi connectivity index (χ4n) is 4.23. The van der Waals surface area contributed by atoms with E-state index in [-0.39, 0.29) is 12.5 Å². The van der Waals surface area contributed by atoms with Crippen LogP contribution in [0.25, 0.3) is 11.3 Å². The normalized spacial score (nSPS) is 14.5. The number of nitrogens with two attached hydrogens (primary N) is 1. The molecule has 5 rings (SSSR count). The Balaban J connectivity index is 1.47. The van der Waals surface area contributed by atoms with Gasteiger partial charge in [0.2, 0.25) is 5.95 Å². The van der Waals surface area contributed by atoms with E-state index in [0.29, 0.717) is 12.4 Å². The van der Waals surface area contributed by atoms with Gasteiger partial charge in [-0.2, -0.15) is 0 Å². The van der Waals surface area contributed by atoms with Crippen LogP contribution in [0.5, 0.6) is 0 Å². The lowest BCUT2D eigenvalue weighted by atomic mass is 9.78. The number of nitrogens with zero attached hydrogens (tertiary/aromatic N) is 2. The Morgan fingerprint density at radius 2 is 1.74 bits per heavy atom. The van der Waals surface area contributed by atoms with Crippen molar-refractivity contribution in [3.63, 3.8) is 0 Å². The molecular formula is C26H24N4O. The molecule has 3 aromatic carbocycles. The van der Waals surface area contributed by atoms with Gasteiger partial charge in [0, 0.05) is 35.7 Å². The Bertz CT molecular complexity index is 1200. The second kappa shape index (κ2) is 8.20. The number of hydrogen-bond donors (Lipinski definition) is 3. The molecule has 5 nitrogen and oxygen atoms in total. The zero-order chi connectivity index (χ0) is 21.2. The molecule has 0 radical (unpaired) electrons. The highest BCUT2D eigenvalue weighted by Gasteiger charge is 2.27. The largest absolute Gasteiger partial charge is 0.399 e. The van der Waals surface area contributed by atoms with Crippen LogP contribution in [0.15, 0.2) is 79.0 Å². The number of nitrogen functional groups attached to an aromatic ring is 1. The van der Waals surface area contributed by atoms with E-state index in [4.69, 9.17) is 15.8 Å². The van der Waals surface area contributed by atoms with Crippen molar-refractivity contribution in [2.24, 2.45) is 0 Å². The molecule has 1 heterocycles. The molecule has 0 spiro atoms. The van der Waals surface area contributed by atoms with Gasteiger partial charge in [0.05, 0.1) is 5.69 Å². The maximum atomic E-state index is 9.08. The third kappa shape index (κ3) is 3.88. The first kappa shape index (κ1) is 19.3. The molecule has 0 aliphatic heterocycles. The molecule has 0 amide bonds. The van der Waals surface area contributed by atoms with Gasteiger partial charge < -0.3 is 16.2 Å². The molecule has 0 saturated carbocycles. The maximum absolute atomic E-state index is 9.08. The van der Waals surface area contributed by atoms with Gasteiger partial charge in [0.25, 0.3) is 0 Å². The van der Waals surface area contributed by atoms with Crippen molar-refractivity contribution in [3.8, 4) is 11.3 Å². The van der Waals surface area contributed by atoms with Crippen molar-refractivity contribution in [3.05, 3.63) is 101 Å². The topological polar surface area (TPSA) is 84.1 Å². The lowest BCUT2D eigenvalue weighted by Gasteiger charge is -2.27. The molecule has 4 N–H and O–H groups in total. The van der Waals surface area contributed by atoms with Crippen LogP contribution in [0.2, 0.25) is 0 Å². The lowest BCUT2D eigenvalue weighted by molar-refractivity contribution is 0.299. The van der Waals surface area contributed by atoms with Gasteiger partial charge >= 0.3 is 0 Å². The second-order valence-electron chi connectivity index (χ2n) is 7.87. The lowest BCUT2D eigenvalue weighted by Crippen LogP contribution is -2.15. The van der Waals surface area contributed by atoms with Gasteiger partial charge in [-0.3, -0.25) is 0 Å². The summed E-state index contributed by atoms with van der Waals surface area (Å²) in [6, 6.07) is 24.6. The molecule has 1 aliphatic carbocycles. The van der Waals surface area contributed by atoms with Gasteiger partial charge in [-0.1, -0.05) is 48.5 Å². The fourth-order valence-corrected chi connectivity index (χ4v) is 4.23. The van der Waals surface area contributed by atoms with E-state index in [1.54, 1.807) is 0 Å². The summed E-state index contributed by atoms with van der Waals surface area (Å²) in [6.07, 6.45) is 3.44. The number of benzene rings is 3. The van der Waals surface area contributed by atoms with E-state index < -0.39 is 0 Å². The summed E-state index contributed by atoms with van der Waals surface area (Å²) in [5.74, 6) is 0.833. The Morgan fingerprint density at radius 3 is 2.52 bits per heavy atom. The average molecular weight is 409 g/mol. The zero-order valence-corrected chi connectivity index (χ0v) is 17.1. The monoisotopic (exact) mass is 408 g/mol. The molecule has 5 heteroatoms. The molecule has 0 fully saturated rings. The number of aliphatic hydroxyl groups excluding tert-OH is 1. The summed E-state index contributed by atoms with van der Waals surface area (Å²) in [5, 5.41) is 12.4. The summed E-state index contributed by atoms with van der Waals surface area (Å²) >= 11 is 0. The summed E-state index contributed by atoms with van der Waals surface area (Å²) in [7, 11) is 0. The van der Waals surface area contributed by atoms with Crippen LogP contribution in [0, 0.1) is 0 Å². The SMILES string of the molecule is Nc1ccc(C2Cc3cnc(Nc4ccc(CCO)cc4)nc3-c3ccccc32)cc1. The van der Waals surface area contributed by atoms with Gasteiger partial charge in [-0.25, -0.2) is 9.97 Å². The summed E-state index contributed by atoms with van der Waals surface area (Å²) in [5.41, 5.74) is 14.5. The predicted molar refractivity (Wildman–Crippen MR) is 124 cm³/mol. The summed E-state index contributed by atoms with van der Waals surface area (Å²) < 4.78 is 0. The van der Waals surface area contributed by atoms with E-state index in [0.717, 1.165) is 40.2 Å². The van der Waals surface area contributed by atoms with Gasteiger partial charge in [-0.05, 0) is 59.4 Å². The molecule has 1 atom stereocenters. The molecule has 1 aliphatic rings. The van der Waals surface area contributed by atoms with Gasteiger partial charge in [0.15, 0.2) is 0 Å². The number of nitrogens with one attached hydrogen (secondary N) is 1. The Morgan fingerprint density at radius 1 is 0.968 bits per heavy atom. The van der Waals surface area contributed by atoms with E-state index in [1.165, 1.54) is 11.1 Å². The van der Waals surface area contributed by atoms with E-state index in [9.17, 15) is 0 Å². The Labute approximate surface area is 181 Å². The van der Waals surface area contributed by atoms with Crippen molar-refractivity contribution in [2.75, 3.05) is 17.7 Å². The minimum atomic E-state index is 0.150. The van der Waals surface area contributed by atoms with Crippen LogP contribution in [0.1, 0.15) is 28.2 Å². The predicted octanol–water partition coefficient (Wildman–Crippen LogP) is 4.69. The first-order valence-electron chi connectivity index (χ1n) is 10.5. The standard InChI is InChI=1S/C26H24N4O/c27-20-9-7-18(8-10-20)24-15-19-16-28-26(29-21-11-5-17(6-12-21)13-14-31)30-25(19)23-4-2-1-3-22(23)24/h1-12,16,24,31H,13-15,27H2,(H,28,29,30). The molecular weight excluding hydrogens is 384 g/mol. The van der Waals surface area contributed by atoms with Crippen molar-refractivity contribution < 1.29 is 5.11 Å². The number of rotatable bonds is 5. The fraction of sp³-hybridized carbons (Fsp3) is 0.154. The maximum Gasteiger partial charge on any atom is 0.227 e. The molecule has 1 unspecified atom stereocenters. The van der Waals surface area contributed by atoms with Crippen LogP contribution in [0.4, 0.5) is 17.3 Å². The Hall–Kier alpha value is -3.70. The minimum absolute atomic E-state index is 0.150. The Kier molecular flexibility index (Phi) is 5.10. The highest BCUT2D eigenvalue weighted by molar-refractivity contribution is 5.73. The van der Waals surface area contributed by atoms with E-state index in [2.05, 4.69) is 46.7 Å². The molecule has 0 saturated heterocycles. The van der Waals surface area contributed by atoms with Crippen LogP contribution < -0.4 is 11.1 Å². The summed E-state index contributed by atoms with van der Waals surface area (Å²) in [4.78, 5) is 9.45. The number of fused-ring (bicyclic) bond motifs is 3. The van der Waals surface area contributed by atoms with Gasteiger partial charge in [0.1, 0.15) is 0 Å². The highest BCUT2D eigenvalue weighted by atomic mass is 16.2. The van der Waals surface area contributed by atoms with Crippen LogP contribution in [-0.4, -0.2) is 21.7 Å². The van der Waals surface area contributed by atoms with Crippen LogP contribution in [0.3, 0.4) is 0 Å². The van der Waals surface area contributed by atoms with Crippen molar-refractivity contribution in [1.29, 1.82) is 0 Å². The zero-order valence-electron chi connectivity index (χ0n) is 17.1. The number of anilines is 3. The smallest absolute Gasteiger partial charge is 0.227 e. The third-order valence-corrected chi connectivity index (χ3v) is 5.83. The number of hydrogen-bond acceptors (Lipinski definition) is 5. The van der Waals surface area contributed by atoms with Crippen molar-refractivity contribution in [1.82, 2.24) is 9.97 Å². The molecule has 31 heavy (non-hydrogen) atoms. The molecule has 1 aromatic heterocycles. The highest BCUT2D eigenvalue weighted by Crippen LogP contribution is 2.42. The van der Waals surface area contributed by atoms with Crippen molar-refractivity contribution >= 4 is 17.3 Å². The first-order valence-corrected chi connectivity index (χ1v) is 10.5. The van der Waals surface area contributed by atoms with Crippen LogP contribution >= 0.6 is 0 Å². The van der Waals surface area contributed by atoms with Crippen LogP contribution in [-0.2, 0) is 12.8 Å². The number of aliphatic hydroxyl groups is 1. The first-order chi connectivity index (χ1) is 15.2. The quantitative estimate of drug-likeness (QED) is 0.417. The molecule has 0 bridgehead atoms. The molecule has 154 valence electrons.